The predicted molar refractivity (Wildman–Crippen MR) is 53.1 cm³/mol. The maximum Gasteiger partial charge on any atom is 0.0684 e. The molecule has 2 rings (SSSR count). The molecular formula is C11H13NO. The van der Waals surface area contributed by atoms with Gasteiger partial charge in [0.25, 0.3) is 0 Å². The Morgan fingerprint density at radius 3 is 3.08 bits per heavy atom. The topological polar surface area (TPSA) is 32.6 Å². The van der Waals surface area contributed by atoms with Gasteiger partial charge in [-0.2, -0.15) is 0 Å². The second kappa shape index (κ2) is 3.30. The maximum atomic E-state index is 9.14. The minimum atomic E-state index is 0.135. The number of benzene rings is 1. The molecule has 0 radical (unpaired) electrons. The lowest BCUT2D eigenvalue weighted by Gasteiger charge is -2.16. The first-order valence-electron chi connectivity index (χ1n) is 4.56. The fraction of sp³-hybridized carbons (Fsp3) is 0.364. The van der Waals surface area contributed by atoms with E-state index < -0.39 is 0 Å². The summed E-state index contributed by atoms with van der Waals surface area (Å²) in [6, 6.07) is 6.04. The Labute approximate surface area is 77.9 Å². The van der Waals surface area contributed by atoms with E-state index in [1.165, 1.54) is 11.1 Å². The number of rotatable bonds is 1. The number of hydrogen-bond donors (Lipinski definition) is 1. The third-order valence-corrected chi connectivity index (χ3v) is 2.54. The Balaban J connectivity index is 2.57. The third-order valence-electron chi connectivity index (χ3n) is 2.54. The SMILES string of the molecule is CC1=NCCc2c(CO)cccc21. The molecule has 1 aromatic carbocycles. The molecule has 1 aromatic rings. The zero-order valence-electron chi connectivity index (χ0n) is 7.75. The van der Waals surface area contributed by atoms with E-state index >= 15 is 0 Å². The van der Waals surface area contributed by atoms with E-state index in [0.717, 1.165) is 24.2 Å². The van der Waals surface area contributed by atoms with Crippen LogP contribution in [0.3, 0.4) is 0 Å². The number of aliphatic hydroxyl groups excluding tert-OH is 1. The molecule has 1 heterocycles. The summed E-state index contributed by atoms with van der Waals surface area (Å²) >= 11 is 0. The molecule has 1 aliphatic rings. The highest BCUT2D eigenvalue weighted by Gasteiger charge is 2.12. The fourth-order valence-corrected chi connectivity index (χ4v) is 1.84. The fourth-order valence-electron chi connectivity index (χ4n) is 1.84. The highest BCUT2D eigenvalue weighted by Crippen LogP contribution is 2.20. The normalized spacial score (nSPS) is 15.1. The molecule has 0 aromatic heterocycles. The van der Waals surface area contributed by atoms with Crippen LogP contribution in [0.25, 0.3) is 0 Å². The van der Waals surface area contributed by atoms with Gasteiger partial charge in [-0.15, -0.1) is 0 Å². The number of hydrogen-bond acceptors (Lipinski definition) is 2. The van der Waals surface area contributed by atoms with E-state index in [4.69, 9.17) is 5.11 Å². The van der Waals surface area contributed by atoms with Gasteiger partial charge in [-0.1, -0.05) is 18.2 Å². The van der Waals surface area contributed by atoms with E-state index in [-0.39, 0.29) is 6.61 Å². The number of fused-ring (bicyclic) bond motifs is 1. The molecule has 0 atom stereocenters. The van der Waals surface area contributed by atoms with Gasteiger partial charge in [0.15, 0.2) is 0 Å². The predicted octanol–water partition coefficient (Wildman–Crippen LogP) is 1.54. The van der Waals surface area contributed by atoms with Gasteiger partial charge in [0.1, 0.15) is 0 Å². The van der Waals surface area contributed by atoms with Gasteiger partial charge in [0.05, 0.1) is 6.61 Å². The first-order valence-corrected chi connectivity index (χ1v) is 4.56. The molecule has 0 aliphatic carbocycles. The zero-order chi connectivity index (χ0) is 9.26. The Bertz CT molecular complexity index is 355. The first-order chi connectivity index (χ1) is 6.33. The van der Waals surface area contributed by atoms with Crippen molar-refractivity contribution in [1.29, 1.82) is 0 Å². The van der Waals surface area contributed by atoms with Gasteiger partial charge in [0.2, 0.25) is 0 Å². The Kier molecular flexibility index (Phi) is 2.15. The molecule has 0 amide bonds. The largest absolute Gasteiger partial charge is 0.392 e. The number of aliphatic imine (C=N–C) groups is 1. The molecule has 0 saturated carbocycles. The Hall–Kier alpha value is -1.15. The van der Waals surface area contributed by atoms with E-state index in [9.17, 15) is 0 Å². The second-order valence-corrected chi connectivity index (χ2v) is 3.32. The smallest absolute Gasteiger partial charge is 0.0684 e. The molecule has 1 aliphatic heterocycles. The quantitative estimate of drug-likeness (QED) is 0.690. The van der Waals surface area contributed by atoms with Crippen molar-refractivity contribution in [3.05, 3.63) is 34.9 Å². The molecule has 2 heteroatoms. The summed E-state index contributed by atoms with van der Waals surface area (Å²) in [5, 5.41) is 9.14. The van der Waals surface area contributed by atoms with Crippen LogP contribution in [0.4, 0.5) is 0 Å². The molecular weight excluding hydrogens is 162 g/mol. The molecule has 2 nitrogen and oxygen atoms in total. The van der Waals surface area contributed by atoms with Gasteiger partial charge >= 0.3 is 0 Å². The summed E-state index contributed by atoms with van der Waals surface area (Å²) in [5.74, 6) is 0. The number of nitrogens with zero attached hydrogens (tertiary/aromatic N) is 1. The van der Waals surface area contributed by atoms with Crippen molar-refractivity contribution in [2.24, 2.45) is 4.99 Å². The Morgan fingerprint density at radius 1 is 1.46 bits per heavy atom. The monoisotopic (exact) mass is 175 g/mol. The summed E-state index contributed by atoms with van der Waals surface area (Å²) < 4.78 is 0. The van der Waals surface area contributed by atoms with Gasteiger partial charge in [-0.25, -0.2) is 0 Å². The van der Waals surface area contributed by atoms with Crippen molar-refractivity contribution in [3.63, 3.8) is 0 Å². The van der Waals surface area contributed by atoms with Gasteiger partial charge in [-0.3, -0.25) is 4.99 Å². The average molecular weight is 175 g/mol. The van der Waals surface area contributed by atoms with Gasteiger partial charge in [-0.05, 0) is 30.0 Å². The minimum Gasteiger partial charge on any atom is -0.392 e. The summed E-state index contributed by atoms with van der Waals surface area (Å²) in [5.41, 5.74) is 4.62. The van der Waals surface area contributed by atoms with Crippen molar-refractivity contribution in [3.8, 4) is 0 Å². The summed E-state index contributed by atoms with van der Waals surface area (Å²) in [7, 11) is 0. The lowest BCUT2D eigenvalue weighted by atomic mass is 9.94. The average Bonchev–Trinajstić information content (AvgIpc) is 2.18. The number of aliphatic hydroxyl groups is 1. The van der Waals surface area contributed by atoms with Crippen LogP contribution in [0.1, 0.15) is 23.6 Å². The van der Waals surface area contributed by atoms with Crippen LogP contribution in [0.15, 0.2) is 23.2 Å². The highest BCUT2D eigenvalue weighted by atomic mass is 16.3. The van der Waals surface area contributed by atoms with Gasteiger partial charge < -0.3 is 5.11 Å². The van der Waals surface area contributed by atoms with Crippen LogP contribution in [-0.4, -0.2) is 17.4 Å². The van der Waals surface area contributed by atoms with Crippen molar-refractivity contribution in [2.45, 2.75) is 20.0 Å². The minimum absolute atomic E-state index is 0.135. The Morgan fingerprint density at radius 2 is 2.31 bits per heavy atom. The van der Waals surface area contributed by atoms with E-state index in [0.29, 0.717) is 0 Å². The van der Waals surface area contributed by atoms with E-state index in [1.807, 2.05) is 19.1 Å². The van der Waals surface area contributed by atoms with Crippen molar-refractivity contribution >= 4 is 5.71 Å². The molecule has 0 saturated heterocycles. The molecule has 0 bridgehead atoms. The van der Waals surface area contributed by atoms with Crippen LogP contribution >= 0.6 is 0 Å². The van der Waals surface area contributed by atoms with Gasteiger partial charge in [0, 0.05) is 12.3 Å². The summed E-state index contributed by atoms with van der Waals surface area (Å²) in [6.45, 7) is 3.02. The lowest BCUT2D eigenvalue weighted by Crippen LogP contribution is -2.12. The molecule has 0 fully saturated rings. The van der Waals surface area contributed by atoms with Crippen LogP contribution < -0.4 is 0 Å². The van der Waals surface area contributed by atoms with Crippen LogP contribution in [-0.2, 0) is 13.0 Å². The molecule has 13 heavy (non-hydrogen) atoms. The molecule has 68 valence electrons. The van der Waals surface area contributed by atoms with Crippen LogP contribution in [0.2, 0.25) is 0 Å². The molecule has 0 spiro atoms. The van der Waals surface area contributed by atoms with E-state index in [1.54, 1.807) is 0 Å². The highest BCUT2D eigenvalue weighted by molar-refractivity contribution is 6.01. The first kappa shape index (κ1) is 8.45. The van der Waals surface area contributed by atoms with E-state index in [2.05, 4.69) is 11.1 Å². The van der Waals surface area contributed by atoms with Crippen molar-refractivity contribution in [1.82, 2.24) is 0 Å². The van der Waals surface area contributed by atoms with Crippen LogP contribution in [0.5, 0.6) is 0 Å². The summed E-state index contributed by atoms with van der Waals surface area (Å²) in [6.07, 6.45) is 0.962. The van der Waals surface area contributed by atoms with Crippen LogP contribution in [0, 0.1) is 0 Å². The zero-order valence-corrected chi connectivity index (χ0v) is 7.75. The second-order valence-electron chi connectivity index (χ2n) is 3.32. The maximum absolute atomic E-state index is 9.14. The van der Waals surface area contributed by atoms with Crippen molar-refractivity contribution in [2.75, 3.05) is 6.54 Å². The molecule has 1 N–H and O–H groups in total. The standard InChI is InChI=1S/C11H13NO/c1-8-10-4-2-3-9(7-13)11(10)5-6-12-8/h2-4,13H,5-7H2,1H3. The summed E-state index contributed by atoms with van der Waals surface area (Å²) in [4.78, 5) is 4.38. The lowest BCUT2D eigenvalue weighted by molar-refractivity contribution is 0.280. The molecule has 0 unspecified atom stereocenters. The third kappa shape index (κ3) is 1.38. The van der Waals surface area contributed by atoms with Crippen molar-refractivity contribution < 1.29 is 5.11 Å².